The molecule has 0 unspecified atom stereocenters. The maximum atomic E-state index is 11.9. The molecule has 3 aromatic heterocycles. The van der Waals surface area contributed by atoms with Gasteiger partial charge in [-0.1, -0.05) is 18.2 Å². The Labute approximate surface area is 176 Å². The van der Waals surface area contributed by atoms with Gasteiger partial charge in [-0.05, 0) is 36.8 Å². The number of sulfonamides is 1. The molecule has 0 saturated carbocycles. The van der Waals surface area contributed by atoms with E-state index in [1.165, 1.54) is 0 Å². The van der Waals surface area contributed by atoms with Crippen LogP contribution in [0.1, 0.15) is 6.92 Å². The standard InChI is InChI=1S/C21H17N5O2S2/c1-2-30(27,28)26-15-5-3-4-14(8-15)18-11-23-21-20(25-18)16(10-22-21)13-6-7-17-19(9-13)29-12-24-17/h3-12,26H,2H2,1H3,(H,22,23). The molecule has 0 saturated heterocycles. The van der Waals surface area contributed by atoms with E-state index in [0.29, 0.717) is 17.0 Å². The van der Waals surface area contributed by atoms with Crippen LogP contribution in [0, 0.1) is 0 Å². The smallest absolute Gasteiger partial charge is 0.232 e. The molecule has 5 rings (SSSR count). The van der Waals surface area contributed by atoms with Crippen LogP contribution in [0.5, 0.6) is 0 Å². The van der Waals surface area contributed by atoms with Crippen LogP contribution in [0.4, 0.5) is 5.69 Å². The fraction of sp³-hybridized carbons (Fsp3) is 0.0952. The van der Waals surface area contributed by atoms with Crippen LogP contribution in [0.15, 0.2) is 60.4 Å². The Balaban J connectivity index is 1.58. The third kappa shape index (κ3) is 3.42. The largest absolute Gasteiger partial charge is 0.344 e. The summed E-state index contributed by atoms with van der Waals surface area (Å²) in [5, 5.41) is 0. The van der Waals surface area contributed by atoms with Gasteiger partial charge in [0.15, 0.2) is 5.65 Å². The number of rotatable bonds is 5. The van der Waals surface area contributed by atoms with Crippen molar-refractivity contribution < 1.29 is 8.42 Å². The van der Waals surface area contributed by atoms with E-state index in [9.17, 15) is 8.42 Å². The topological polar surface area (TPSA) is 101 Å². The van der Waals surface area contributed by atoms with Gasteiger partial charge in [0.05, 0.1) is 33.4 Å². The third-order valence-electron chi connectivity index (χ3n) is 4.83. The van der Waals surface area contributed by atoms with Crippen LogP contribution >= 0.6 is 11.3 Å². The lowest BCUT2D eigenvalue weighted by Gasteiger charge is -2.08. The monoisotopic (exact) mass is 435 g/mol. The summed E-state index contributed by atoms with van der Waals surface area (Å²) in [6, 6.07) is 13.3. The minimum Gasteiger partial charge on any atom is -0.344 e. The number of H-pyrrole nitrogens is 1. The van der Waals surface area contributed by atoms with Gasteiger partial charge in [0.1, 0.15) is 5.52 Å². The molecule has 0 aliphatic carbocycles. The molecule has 0 amide bonds. The molecule has 0 aliphatic heterocycles. The number of anilines is 1. The second kappa shape index (κ2) is 7.19. The first kappa shape index (κ1) is 18.7. The van der Waals surface area contributed by atoms with Crippen molar-refractivity contribution in [3.63, 3.8) is 0 Å². The van der Waals surface area contributed by atoms with Gasteiger partial charge >= 0.3 is 0 Å². The number of benzene rings is 2. The van der Waals surface area contributed by atoms with Gasteiger partial charge < -0.3 is 4.98 Å². The highest BCUT2D eigenvalue weighted by molar-refractivity contribution is 7.92. The number of nitrogens with one attached hydrogen (secondary N) is 2. The molecule has 150 valence electrons. The maximum Gasteiger partial charge on any atom is 0.232 e. The molecule has 9 heteroatoms. The van der Waals surface area contributed by atoms with E-state index in [0.717, 1.165) is 32.4 Å². The van der Waals surface area contributed by atoms with Crippen LogP contribution < -0.4 is 4.72 Å². The fourth-order valence-electron chi connectivity index (χ4n) is 3.27. The van der Waals surface area contributed by atoms with Crippen molar-refractivity contribution in [3.8, 4) is 22.4 Å². The molecular weight excluding hydrogens is 418 g/mol. The first-order chi connectivity index (χ1) is 14.5. The Morgan fingerprint density at radius 2 is 2.00 bits per heavy atom. The first-order valence-corrected chi connectivity index (χ1v) is 11.8. The van der Waals surface area contributed by atoms with Crippen molar-refractivity contribution in [2.24, 2.45) is 0 Å². The van der Waals surface area contributed by atoms with Crippen LogP contribution in [0.25, 0.3) is 43.8 Å². The van der Waals surface area contributed by atoms with Gasteiger partial charge in [-0.25, -0.2) is 23.4 Å². The number of nitrogens with zero attached hydrogens (tertiary/aromatic N) is 3. The molecule has 3 heterocycles. The number of thiazole rings is 1. The van der Waals surface area contributed by atoms with Crippen molar-refractivity contribution in [2.75, 3.05) is 10.5 Å². The lowest BCUT2D eigenvalue weighted by atomic mass is 10.1. The predicted molar refractivity (Wildman–Crippen MR) is 121 cm³/mol. The number of fused-ring (bicyclic) bond motifs is 2. The molecule has 7 nitrogen and oxygen atoms in total. The van der Waals surface area contributed by atoms with Crippen LogP contribution in [0.3, 0.4) is 0 Å². The molecule has 2 N–H and O–H groups in total. The number of hydrogen-bond donors (Lipinski definition) is 2. The number of aromatic nitrogens is 4. The summed E-state index contributed by atoms with van der Waals surface area (Å²) in [6.45, 7) is 1.60. The van der Waals surface area contributed by atoms with Crippen LogP contribution in [-0.2, 0) is 10.0 Å². The highest BCUT2D eigenvalue weighted by Gasteiger charge is 2.13. The molecule has 0 fully saturated rings. The van der Waals surface area contributed by atoms with Gasteiger partial charge in [0.2, 0.25) is 10.0 Å². The zero-order chi connectivity index (χ0) is 20.7. The highest BCUT2D eigenvalue weighted by Crippen LogP contribution is 2.31. The normalized spacial score (nSPS) is 11.9. The third-order valence-corrected chi connectivity index (χ3v) is 6.93. The zero-order valence-corrected chi connectivity index (χ0v) is 17.6. The van der Waals surface area contributed by atoms with Crippen molar-refractivity contribution in [3.05, 3.63) is 60.4 Å². The Hall–Kier alpha value is -3.30. The van der Waals surface area contributed by atoms with Crippen molar-refractivity contribution in [1.82, 2.24) is 19.9 Å². The molecule has 5 aromatic rings. The van der Waals surface area contributed by atoms with Gasteiger partial charge in [-0.3, -0.25) is 4.72 Å². The second-order valence-electron chi connectivity index (χ2n) is 6.78. The first-order valence-electron chi connectivity index (χ1n) is 9.31. The Kier molecular flexibility index (Phi) is 4.48. The van der Waals surface area contributed by atoms with Gasteiger partial charge in [-0.15, -0.1) is 11.3 Å². The molecule has 0 radical (unpaired) electrons. The van der Waals surface area contributed by atoms with Crippen molar-refractivity contribution in [1.29, 1.82) is 0 Å². The SMILES string of the molecule is CCS(=O)(=O)Nc1cccc(-c2cnc3[nH]cc(-c4ccc5ncsc5c4)c3n2)c1. The maximum absolute atomic E-state index is 11.9. The summed E-state index contributed by atoms with van der Waals surface area (Å²) >= 11 is 1.60. The average molecular weight is 436 g/mol. The molecule has 0 atom stereocenters. The van der Waals surface area contributed by atoms with E-state index in [-0.39, 0.29) is 5.75 Å². The molecule has 30 heavy (non-hydrogen) atoms. The van der Waals surface area contributed by atoms with E-state index in [1.807, 2.05) is 29.9 Å². The van der Waals surface area contributed by atoms with Crippen LogP contribution in [0.2, 0.25) is 0 Å². The second-order valence-corrected chi connectivity index (χ2v) is 9.67. The summed E-state index contributed by atoms with van der Waals surface area (Å²) in [7, 11) is -3.35. The van der Waals surface area contributed by atoms with E-state index >= 15 is 0 Å². The van der Waals surface area contributed by atoms with E-state index in [1.54, 1.807) is 42.7 Å². The van der Waals surface area contributed by atoms with Gasteiger partial charge in [0, 0.05) is 23.0 Å². The molecule has 2 aromatic carbocycles. The van der Waals surface area contributed by atoms with E-state index in [2.05, 4.69) is 25.7 Å². The quantitative estimate of drug-likeness (QED) is 0.418. The predicted octanol–water partition coefficient (Wildman–Crippen LogP) is 4.66. The summed E-state index contributed by atoms with van der Waals surface area (Å²) in [6.07, 6.45) is 3.59. The number of hydrogen-bond acceptors (Lipinski definition) is 6. The summed E-state index contributed by atoms with van der Waals surface area (Å²) in [4.78, 5) is 16.8. The fourth-order valence-corrected chi connectivity index (χ4v) is 4.61. The Bertz CT molecular complexity index is 1490. The average Bonchev–Trinajstić information content (AvgIpc) is 3.39. The minimum absolute atomic E-state index is 0.0137. The summed E-state index contributed by atoms with van der Waals surface area (Å²) in [5.41, 5.74) is 8.21. The molecular formula is C21H17N5O2S2. The van der Waals surface area contributed by atoms with Crippen LogP contribution in [-0.4, -0.2) is 34.1 Å². The lowest BCUT2D eigenvalue weighted by molar-refractivity contribution is 0.602. The van der Waals surface area contributed by atoms with E-state index < -0.39 is 10.0 Å². The summed E-state index contributed by atoms with van der Waals surface area (Å²) in [5.74, 6) is 0.0137. The number of aromatic amines is 1. The highest BCUT2D eigenvalue weighted by atomic mass is 32.2. The van der Waals surface area contributed by atoms with Crippen molar-refractivity contribution >= 4 is 48.4 Å². The summed E-state index contributed by atoms with van der Waals surface area (Å²) < 4.78 is 27.5. The molecule has 0 bridgehead atoms. The minimum atomic E-state index is -3.35. The van der Waals surface area contributed by atoms with Gasteiger partial charge in [-0.2, -0.15) is 0 Å². The van der Waals surface area contributed by atoms with E-state index in [4.69, 9.17) is 4.98 Å². The van der Waals surface area contributed by atoms with Gasteiger partial charge in [0.25, 0.3) is 0 Å². The Morgan fingerprint density at radius 1 is 1.10 bits per heavy atom. The Morgan fingerprint density at radius 3 is 2.87 bits per heavy atom. The lowest BCUT2D eigenvalue weighted by Crippen LogP contribution is -2.14. The zero-order valence-electron chi connectivity index (χ0n) is 16.0. The molecule has 0 aliphatic rings. The molecule has 0 spiro atoms. The van der Waals surface area contributed by atoms with Crippen molar-refractivity contribution in [2.45, 2.75) is 6.92 Å².